The number of amides is 1. The maximum absolute atomic E-state index is 16.9. The van der Waals surface area contributed by atoms with E-state index in [4.69, 9.17) is 55.0 Å². The van der Waals surface area contributed by atoms with Crippen molar-refractivity contribution in [3.05, 3.63) is 78.3 Å². The summed E-state index contributed by atoms with van der Waals surface area (Å²) in [6.07, 6.45) is -6.76. The average Bonchev–Trinajstić information content (AvgIpc) is 4.02. The van der Waals surface area contributed by atoms with Crippen molar-refractivity contribution in [2.45, 2.75) is 62.6 Å². The number of rotatable bonds is 10. The fourth-order valence-corrected chi connectivity index (χ4v) is 9.72. The van der Waals surface area contributed by atoms with Crippen molar-refractivity contribution in [2.24, 2.45) is 0 Å². The number of aryl methyl sites for hydroxylation is 1. The summed E-state index contributed by atoms with van der Waals surface area (Å²) in [6.45, 7) is 3.76. The molecular formula is C34H36BF2N11O9P2S. The van der Waals surface area contributed by atoms with Crippen LogP contribution in [-0.4, -0.2) is 122 Å². The molecule has 2 unspecified atom stereocenters. The second-order valence-corrected chi connectivity index (χ2v) is 17.2. The van der Waals surface area contributed by atoms with Gasteiger partial charge >= 0.3 is 6.72 Å². The number of hydrogen-bond acceptors (Lipinski definition) is 17. The Labute approximate surface area is 346 Å². The number of ether oxygens (including phenoxy) is 2. The summed E-state index contributed by atoms with van der Waals surface area (Å²) in [5.74, 6) is -0.344. The Morgan fingerprint density at radius 1 is 1.02 bits per heavy atom. The molecule has 314 valence electrons. The molecule has 8 rings (SSSR count). The fourth-order valence-electron chi connectivity index (χ4n) is 6.51. The number of nitriles is 1. The fraction of sp³-hybridized carbons (Fsp3) is 0.441. The van der Waals surface area contributed by atoms with E-state index in [1.54, 1.807) is 37.3 Å². The zero-order chi connectivity index (χ0) is 42.0. The Bertz CT molecular complexity index is 2500. The van der Waals surface area contributed by atoms with Crippen molar-refractivity contribution in [3.8, 4) is 6.07 Å². The van der Waals surface area contributed by atoms with Gasteiger partial charge in [-0.25, -0.2) is 58.8 Å². The number of imidazole rings is 2. The molecule has 2 bridgehead atoms. The van der Waals surface area contributed by atoms with Crippen LogP contribution < -0.4 is 5.32 Å². The number of hydrogen-bond donors (Lipinski definition) is 1. The van der Waals surface area contributed by atoms with Gasteiger partial charge in [0.2, 0.25) is 21.9 Å². The lowest BCUT2D eigenvalue weighted by molar-refractivity contribution is -0.0631. The highest BCUT2D eigenvalue weighted by Crippen LogP contribution is 2.62. The van der Waals surface area contributed by atoms with E-state index in [0.717, 1.165) is 0 Å². The van der Waals surface area contributed by atoms with Crippen LogP contribution in [0.2, 0.25) is 0 Å². The minimum Gasteiger partial charge on any atom is -0.346 e. The zero-order valence-corrected chi connectivity index (χ0v) is 33.4. The third-order valence-corrected chi connectivity index (χ3v) is 12.8. The van der Waals surface area contributed by atoms with Crippen molar-refractivity contribution in [1.82, 2.24) is 39.0 Å². The summed E-state index contributed by atoms with van der Waals surface area (Å²) in [5, 5.41) is 12.0. The van der Waals surface area contributed by atoms with E-state index >= 15 is 8.78 Å². The van der Waals surface area contributed by atoms with Crippen LogP contribution in [0.3, 0.4) is 0 Å². The molecule has 26 heteroatoms. The first-order chi connectivity index (χ1) is 29.0. The molecule has 4 aromatic heterocycles. The number of alkyl halides is 2. The first-order valence-corrected chi connectivity index (χ1v) is 21.6. The molecule has 5 aromatic rings. The highest BCUT2D eigenvalue weighted by Gasteiger charge is 2.56. The van der Waals surface area contributed by atoms with Crippen molar-refractivity contribution < 1.29 is 50.2 Å². The summed E-state index contributed by atoms with van der Waals surface area (Å²) in [5.41, 5.74) is 2.05. The van der Waals surface area contributed by atoms with Gasteiger partial charge in [0.1, 0.15) is 43.1 Å². The Morgan fingerprint density at radius 3 is 2.50 bits per heavy atom. The average molecular weight is 886 g/mol. The Kier molecular flexibility index (Phi) is 12.5. The van der Waals surface area contributed by atoms with Crippen molar-refractivity contribution in [2.75, 3.05) is 38.3 Å². The molecule has 3 saturated heterocycles. The molecule has 60 heavy (non-hydrogen) atoms. The van der Waals surface area contributed by atoms with Gasteiger partial charge in [-0.1, -0.05) is 18.2 Å². The minimum atomic E-state index is -4.00. The van der Waals surface area contributed by atoms with Gasteiger partial charge < -0.3 is 28.7 Å². The normalized spacial score (nSPS) is 30.8. The van der Waals surface area contributed by atoms with E-state index in [1.165, 1.54) is 34.4 Å². The smallest absolute Gasteiger partial charge is 0.327 e. The van der Waals surface area contributed by atoms with E-state index in [1.807, 2.05) is 6.07 Å². The van der Waals surface area contributed by atoms with Gasteiger partial charge in [0, 0.05) is 5.56 Å². The molecular weight excluding hydrogens is 849 g/mol. The minimum absolute atomic E-state index is 0.0421. The van der Waals surface area contributed by atoms with E-state index < -0.39 is 83.8 Å². The number of halogens is 2. The predicted molar refractivity (Wildman–Crippen MR) is 214 cm³/mol. The van der Waals surface area contributed by atoms with Gasteiger partial charge in [0.15, 0.2) is 60.1 Å². The highest BCUT2D eigenvalue weighted by atomic mass is 32.5. The van der Waals surface area contributed by atoms with Crippen LogP contribution in [0.4, 0.5) is 14.6 Å². The van der Waals surface area contributed by atoms with Crippen LogP contribution in [0, 0.1) is 24.8 Å². The summed E-state index contributed by atoms with van der Waals surface area (Å²) in [4.78, 5) is 42.3. The SMILES string of the molecule is [BH3-][P+]1(OCC[N+]#[C-])OC[C@H]2O[C@@H](n3cnc4c(C)ncnc43)[C@H](F)[C@@H]2OP(=S)(OCCC#N)OC[C@H]2O[C@@H](n3cnc4c(NC(=O)c5ccccc5)ncnc43)[C@H](O1)[C@@H]2F. The van der Waals surface area contributed by atoms with Crippen molar-refractivity contribution in [1.29, 1.82) is 5.26 Å². The number of aromatic nitrogens is 8. The van der Waals surface area contributed by atoms with Crippen LogP contribution in [0.15, 0.2) is 55.6 Å². The summed E-state index contributed by atoms with van der Waals surface area (Å²) < 4.78 is 86.5. The summed E-state index contributed by atoms with van der Waals surface area (Å²) in [6, 6.07) is 10.5. The monoisotopic (exact) mass is 885 g/mol. The molecule has 7 heterocycles. The first kappa shape index (κ1) is 42.2. The standard InChI is InChI=1S/C34H36BF2N11O9P2S/c1-19-25-30(42-15-40-19)47(17-44-25)33-24(37)27-22(55-33)14-52-58(35,50-12-10-39-2)56-28-23(36)21(13-53-59(60,57-27)51-11-6-9-38)54-34(28)48-18-45-26-29(41-16-43-31(26)48)46-32(49)20-7-4-3-5-8-20/h3-5,7-8,15-18,21-24,27-28,33-34H,6,10-14H2,1,35H3,(H,41,43,46,49)/t21-,22-,23-,24-,27-,28-,33-,34-,58?,59?/m1/s1. The number of carbonyl (C=O) groups is 1. The maximum Gasteiger partial charge on any atom is 0.327 e. The molecule has 1 aromatic carbocycles. The Balaban J connectivity index is 1.14. The summed E-state index contributed by atoms with van der Waals surface area (Å²) >= 11 is 5.79. The van der Waals surface area contributed by atoms with Gasteiger partial charge in [-0.15, -0.1) is 0 Å². The van der Waals surface area contributed by atoms with Gasteiger partial charge in [-0.2, -0.15) is 5.26 Å². The van der Waals surface area contributed by atoms with Crippen LogP contribution >= 0.6 is 14.5 Å². The number of nitrogens with zero attached hydrogens (tertiary/aromatic N) is 10. The molecule has 0 radical (unpaired) electrons. The summed E-state index contributed by atoms with van der Waals surface area (Å²) in [7, 11) is -4.55. The molecule has 0 aliphatic carbocycles. The topological polar surface area (TPSA) is 218 Å². The number of carbonyl (C=O) groups excluding carboxylic acids is 1. The lowest BCUT2D eigenvalue weighted by atomic mass is 10.1. The molecule has 0 saturated carbocycles. The number of anilines is 1. The predicted octanol–water partition coefficient (Wildman–Crippen LogP) is 3.65. The molecule has 0 spiro atoms. The zero-order valence-electron chi connectivity index (χ0n) is 30.8. The van der Waals surface area contributed by atoms with Gasteiger partial charge in [0.05, 0.1) is 44.1 Å². The molecule has 10 atom stereocenters. The van der Waals surface area contributed by atoms with Crippen molar-refractivity contribution in [3.63, 3.8) is 0 Å². The van der Waals surface area contributed by atoms with E-state index in [2.05, 4.69) is 40.1 Å². The quantitative estimate of drug-likeness (QED) is 0.0916. The number of benzene rings is 1. The molecule has 3 fully saturated rings. The second kappa shape index (κ2) is 17.8. The maximum atomic E-state index is 16.9. The van der Waals surface area contributed by atoms with Crippen LogP contribution in [0.5, 0.6) is 0 Å². The highest BCUT2D eigenvalue weighted by molar-refractivity contribution is 8.07. The van der Waals surface area contributed by atoms with E-state index in [-0.39, 0.29) is 49.8 Å². The molecule has 1 amide bonds. The third-order valence-electron chi connectivity index (χ3n) is 9.31. The van der Waals surface area contributed by atoms with Crippen LogP contribution in [-0.2, 0) is 48.4 Å². The molecule has 20 nitrogen and oxygen atoms in total. The van der Waals surface area contributed by atoms with Crippen molar-refractivity contribution >= 4 is 68.0 Å². The molecule has 1 N–H and O–H groups in total. The van der Waals surface area contributed by atoms with Crippen LogP contribution in [0.1, 0.15) is 34.9 Å². The number of nitrogens with one attached hydrogen (secondary N) is 1. The third kappa shape index (κ3) is 8.51. The number of fused-ring (bicyclic) bond motifs is 5. The lowest BCUT2D eigenvalue weighted by Crippen LogP contribution is -2.35. The first-order valence-electron chi connectivity index (χ1n) is 18.0. The van der Waals surface area contributed by atoms with Gasteiger partial charge in [-0.05, 0) is 30.9 Å². The van der Waals surface area contributed by atoms with Gasteiger partial charge in [0.25, 0.3) is 5.91 Å². The van der Waals surface area contributed by atoms with Crippen LogP contribution in [0.25, 0.3) is 27.2 Å². The Morgan fingerprint density at radius 2 is 1.73 bits per heavy atom. The molecule has 3 aliphatic rings. The molecule has 3 aliphatic heterocycles. The largest absolute Gasteiger partial charge is 0.346 e. The Hall–Kier alpha value is -4.55. The van der Waals surface area contributed by atoms with E-state index in [0.29, 0.717) is 22.4 Å². The van der Waals surface area contributed by atoms with E-state index in [9.17, 15) is 10.1 Å². The second-order valence-electron chi connectivity index (χ2n) is 13.0. The lowest BCUT2D eigenvalue weighted by Gasteiger charge is -2.31. The van der Waals surface area contributed by atoms with Gasteiger partial charge in [-0.3, -0.25) is 18.5 Å².